The van der Waals surface area contributed by atoms with Gasteiger partial charge in [0.15, 0.2) is 0 Å². The minimum atomic E-state index is -0.472. The zero-order chi connectivity index (χ0) is 12.3. The number of hydrazone groups is 1. The van der Waals surface area contributed by atoms with Crippen molar-refractivity contribution in [2.24, 2.45) is 11.0 Å². The lowest BCUT2D eigenvalue weighted by atomic mass is 10.2. The molecule has 0 aliphatic heterocycles. The number of nitrogens with zero attached hydrogens (tertiary/aromatic N) is 2. The number of hydrogen-bond acceptors (Lipinski definition) is 4. The Kier molecular flexibility index (Phi) is 3.13. The molecule has 0 atom stereocenters. The van der Waals surface area contributed by atoms with Crippen LogP contribution in [0.5, 0.6) is 0 Å². The molecule has 17 heavy (non-hydrogen) atoms. The molecular weight excluding hydrogens is 222 g/mol. The van der Waals surface area contributed by atoms with Gasteiger partial charge in [0.25, 0.3) is 5.69 Å². The van der Waals surface area contributed by atoms with Gasteiger partial charge in [-0.15, -0.1) is 0 Å². The molecule has 1 amide bonds. The largest absolute Gasteiger partial charge is 0.273 e. The molecule has 0 bridgehead atoms. The maximum Gasteiger partial charge on any atom is 0.270 e. The number of nitrogens with one attached hydrogen (secondary N) is 1. The first-order valence-electron chi connectivity index (χ1n) is 5.24. The van der Waals surface area contributed by atoms with Gasteiger partial charge in [0.2, 0.25) is 5.91 Å². The topological polar surface area (TPSA) is 84.6 Å². The van der Waals surface area contributed by atoms with Crippen LogP contribution < -0.4 is 5.43 Å². The van der Waals surface area contributed by atoms with Crippen LogP contribution in [0.15, 0.2) is 29.4 Å². The van der Waals surface area contributed by atoms with E-state index in [1.807, 2.05) is 0 Å². The summed E-state index contributed by atoms with van der Waals surface area (Å²) in [6.45, 7) is 0. The standard InChI is InChI=1S/C11H11N3O3/c15-11(9-4-5-9)13-12-7-8-2-1-3-10(6-8)14(16)17/h1-3,6-7,9H,4-5H2,(H,13,15)/b12-7-. The van der Waals surface area contributed by atoms with E-state index < -0.39 is 4.92 Å². The summed E-state index contributed by atoms with van der Waals surface area (Å²) in [4.78, 5) is 21.3. The first-order chi connectivity index (χ1) is 8.16. The van der Waals surface area contributed by atoms with E-state index in [0.29, 0.717) is 5.56 Å². The molecule has 1 fully saturated rings. The number of rotatable bonds is 4. The lowest BCUT2D eigenvalue weighted by molar-refractivity contribution is -0.384. The van der Waals surface area contributed by atoms with Crippen LogP contribution in [0.4, 0.5) is 5.69 Å². The molecule has 0 saturated heterocycles. The number of nitro groups is 1. The average molecular weight is 233 g/mol. The van der Waals surface area contributed by atoms with E-state index in [9.17, 15) is 14.9 Å². The summed E-state index contributed by atoms with van der Waals surface area (Å²) >= 11 is 0. The first-order valence-corrected chi connectivity index (χ1v) is 5.24. The fourth-order valence-corrected chi connectivity index (χ4v) is 1.33. The highest BCUT2D eigenvalue weighted by atomic mass is 16.6. The van der Waals surface area contributed by atoms with E-state index in [1.165, 1.54) is 18.3 Å². The summed E-state index contributed by atoms with van der Waals surface area (Å²) in [5, 5.41) is 14.3. The molecule has 1 aromatic carbocycles. The van der Waals surface area contributed by atoms with Crippen LogP contribution in [-0.2, 0) is 4.79 Å². The third-order valence-corrected chi connectivity index (χ3v) is 2.42. The molecule has 6 heteroatoms. The predicted molar refractivity (Wildman–Crippen MR) is 61.6 cm³/mol. The van der Waals surface area contributed by atoms with Crippen molar-refractivity contribution in [3.05, 3.63) is 39.9 Å². The SMILES string of the molecule is O=C(N/N=C\c1cccc([N+](=O)[O-])c1)C1CC1. The molecule has 0 radical (unpaired) electrons. The van der Waals surface area contributed by atoms with E-state index in [4.69, 9.17) is 0 Å². The Balaban J connectivity index is 1.97. The second-order valence-electron chi connectivity index (χ2n) is 3.86. The second-order valence-corrected chi connectivity index (χ2v) is 3.86. The van der Waals surface area contributed by atoms with Crippen molar-refractivity contribution in [3.8, 4) is 0 Å². The second kappa shape index (κ2) is 4.73. The third kappa shape index (κ3) is 3.10. The highest BCUT2D eigenvalue weighted by Gasteiger charge is 2.29. The number of benzene rings is 1. The van der Waals surface area contributed by atoms with Crippen molar-refractivity contribution in [2.75, 3.05) is 0 Å². The van der Waals surface area contributed by atoms with Crippen LogP contribution in [0.1, 0.15) is 18.4 Å². The molecule has 1 aliphatic carbocycles. The zero-order valence-electron chi connectivity index (χ0n) is 9.00. The van der Waals surface area contributed by atoms with Gasteiger partial charge in [0.05, 0.1) is 11.1 Å². The van der Waals surface area contributed by atoms with Crippen LogP contribution in [0.3, 0.4) is 0 Å². The molecular formula is C11H11N3O3. The maximum absolute atomic E-state index is 11.2. The fraction of sp³-hybridized carbons (Fsp3) is 0.273. The van der Waals surface area contributed by atoms with Gasteiger partial charge in [-0.25, -0.2) is 5.43 Å². The summed E-state index contributed by atoms with van der Waals surface area (Å²) in [5.41, 5.74) is 2.98. The predicted octanol–water partition coefficient (Wildman–Crippen LogP) is 1.45. The minimum absolute atomic E-state index is 0.00229. The van der Waals surface area contributed by atoms with Crippen molar-refractivity contribution >= 4 is 17.8 Å². The van der Waals surface area contributed by atoms with Crippen molar-refractivity contribution in [1.82, 2.24) is 5.43 Å². The van der Waals surface area contributed by atoms with Crippen molar-refractivity contribution < 1.29 is 9.72 Å². The van der Waals surface area contributed by atoms with Crippen molar-refractivity contribution in [1.29, 1.82) is 0 Å². The summed E-state index contributed by atoms with van der Waals surface area (Å²) in [6, 6.07) is 6.05. The smallest absolute Gasteiger partial charge is 0.270 e. The van der Waals surface area contributed by atoms with Crippen molar-refractivity contribution in [2.45, 2.75) is 12.8 Å². The van der Waals surface area contributed by atoms with E-state index in [2.05, 4.69) is 10.5 Å². The Morgan fingerprint density at radius 1 is 1.53 bits per heavy atom. The quantitative estimate of drug-likeness (QED) is 0.485. The number of carbonyl (C=O) groups excluding carboxylic acids is 1. The molecule has 1 aromatic rings. The van der Waals surface area contributed by atoms with Gasteiger partial charge < -0.3 is 0 Å². The molecule has 2 rings (SSSR count). The van der Waals surface area contributed by atoms with Crippen LogP contribution in [0.25, 0.3) is 0 Å². The van der Waals surface area contributed by atoms with Gasteiger partial charge in [-0.2, -0.15) is 5.10 Å². The van der Waals surface area contributed by atoms with Gasteiger partial charge >= 0.3 is 0 Å². The Bertz CT molecular complexity index is 481. The zero-order valence-corrected chi connectivity index (χ0v) is 9.00. The third-order valence-electron chi connectivity index (χ3n) is 2.42. The van der Waals surface area contributed by atoms with Crippen molar-refractivity contribution in [3.63, 3.8) is 0 Å². The maximum atomic E-state index is 11.2. The van der Waals surface area contributed by atoms with Crippen LogP contribution in [-0.4, -0.2) is 17.0 Å². The van der Waals surface area contributed by atoms with Crippen LogP contribution in [0, 0.1) is 16.0 Å². The number of non-ortho nitro benzene ring substituents is 1. The fourth-order valence-electron chi connectivity index (χ4n) is 1.33. The van der Waals surface area contributed by atoms with Gasteiger partial charge in [0.1, 0.15) is 0 Å². The first kappa shape index (κ1) is 11.3. The summed E-state index contributed by atoms with van der Waals surface area (Å²) in [7, 11) is 0. The molecule has 1 saturated carbocycles. The lowest BCUT2D eigenvalue weighted by Crippen LogP contribution is -2.18. The molecule has 0 aromatic heterocycles. The van der Waals surface area contributed by atoms with Gasteiger partial charge in [-0.1, -0.05) is 12.1 Å². The highest BCUT2D eigenvalue weighted by Crippen LogP contribution is 2.28. The average Bonchev–Trinajstić information content (AvgIpc) is 3.13. The number of nitro benzene ring substituents is 1. The van der Waals surface area contributed by atoms with E-state index in [0.717, 1.165) is 12.8 Å². The molecule has 6 nitrogen and oxygen atoms in total. The van der Waals surface area contributed by atoms with E-state index >= 15 is 0 Å². The Labute approximate surface area is 97.5 Å². The number of amides is 1. The molecule has 88 valence electrons. The molecule has 0 heterocycles. The van der Waals surface area contributed by atoms with E-state index in [-0.39, 0.29) is 17.5 Å². The summed E-state index contributed by atoms with van der Waals surface area (Å²) in [6.07, 6.45) is 3.23. The van der Waals surface area contributed by atoms with Gasteiger partial charge in [-0.05, 0) is 12.8 Å². The summed E-state index contributed by atoms with van der Waals surface area (Å²) < 4.78 is 0. The van der Waals surface area contributed by atoms with Gasteiger partial charge in [-0.3, -0.25) is 14.9 Å². The normalized spacial score (nSPS) is 14.8. The number of carbonyl (C=O) groups is 1. The van der Waals surface area contributed by atoms with Crippen LogP contribution in [0.2, 0.25) is 0 Å². The Morgan fingerprint density at radius 2 is 2.29 bits per heavy atom. The van der Waals surface area contributed by atoms with Crippen LogP contribution >= 0.6 is 0 Å². The number of hydrogen-bond donors (Lipinski definition) is 1. The molecule has 0 unspecified atom stereocenters. The monoisotopic (exact) mass is 233 g/mol. The summed E-state index contributed by atoms with van der Waals surface area (Å²) in [5.74, 6) is 0.00365. The highest BCUT2D eigenvalue weighted by molar-refractivity contribution is 5.84. The molecule has 1 aliphatic rings. The Morgan fingerprint density at radius 3 is 2.94 bits per heavy atom. The Hall–Kier alpha value is -2.24. The molecule has 0 spiro atoms. The lowest BCUT2D eigenvalue weighted by Gasteiger charge is -1.96. The van der Waals surface area contributed by atoms with Gasteiger partial charge in [0, 0.05) is 23.6 Å². The van der Waals surface area contributed by atoms with E-state index in [1.54, 1.807) is 12.1 Å². The minimum Gasteiger partial charge on any atom is -0.273 e. The molecule has 1 N–H and O–H groups in total.